The van der Waals surface area contributed by atoms with Crippen LogP contribution >= 0.6 is 0 Å². The van der Waals surface area contributed by atoms with E-state index in [1.165, 1.54) is 6.07 Å². The SMILES string of the molecule is CC1(C)CC1C(NN)c1ccc(F)c(F)c1. The molecule has 1 saturated carbocycles. The van der Waals surface area contributed by atoms with Crippen molar-refractivity contribution in [1.29, 1.82) is 0 Å². The maximum Gasteiger partial charge on any atom is 0.159 e. The minimum Gasteiger partial charge on any atom is -0.271 e. The Morgan fingerprint density at radius 2 is 2.00 bits per heavy atom. The van der Waals surface area contributed by atoms with Crippen molar-refractivity contribution in [2.75, 3.05) is 0 Å². The predicted molar refractivity (Wildman–Crippen MR) is 58.3 cm³/mol. The molecule has 0 saturated heterocycles. The molecular weight excluding hydrogens is 210 g/mol. The lowest BCUT2D eigenvalue weighted by atomic mass is 9.97. The molecule has 2 rings (SSSR count). The molecule has 0 aliphatic heterocycles. The summed E-state index contributed by atoms with van der Waals surface area (Å²) in [5.41, 5.74) is 3.62. The molecule has 0 bridgehead atoms. The van der Waals surface area contributed by atoms with Crippen LogP contribution in [0, 0.1) is 23.0 Å². The highest BCUT2D eigenvalue weighted by Gasteiger charge is 2.50. The molecule has 2 atom stereocenters. The molecule has 88 valence electrons. The van der Waals surface area contributed by atoms with Gasteiger partial charge in [0, 0.05) is 6.04 Å². The molecular formula is C12H16F2N2. The number of benzene rings is 1. The van der Waals surface area contributed by atoms with E-state index >= 15 is 0 Å². The first-order valence-corrected chi connectivity index (χ1v) is 5.37. The third-order valence-corrected chi connectivity index (χ3v) is 3.47. The fourth-order valence-electron chi connectivity index (χ4n) is 2.23. The first-order valence-electron chi connectivity index (χ1n) is 5.37. The van der Waals surface area contributed by atoms with E-state index < -0.39 is 11.6 Å². The topological polar surface area (TPSA) is 38.0 Å². The highest BCUT2D eigenvalue weighted by molar-refractivity contribution is 5.24. The Morgan fingerprint density at radius 3 is 2.44 bits per heavy atom. The van der Waals surface area contributed by atoms with E-state index in [1.807, 2.05) is 0 Å². The second-order valence-electron chi connectivity index (χ2n) is 5.12. The number of nitrogens with one attached hydrogen (secondary N) is 1. The Balaban J connectivity index is 2.24. The van der Waals surface area contributed by atoms with E-state index in [1.54, 1.807) is 6.07 Å². The van der Waals surface area contributed by atoms with Gasteiger partial charge in [0.15, 0.2) is 11.6 Å². The van der Waals surface area contributed by atoms with Gasteiger partial charge in [-0.05, 0) is 35.4 Å². The smallest absolute Gasteiger partial charge is 0.159 e. The van der Waals surface area contributed by atoms with Crippen LogP contribution in [0.5, 0.6) is 0 Å². The van der Waals surface area contributed by atoms with Crippen molar-refractivity contribution >= 4 is 0 Å². The number of halogens is 2. The molecule has 0 amide bonds. The Kier molecular flexibility index (Phi) is 2.72. The van der Waals surface area contributed by atoms with Crippen LogP contribution < -0.4 is 11.3 Å². The van der Waals surface area contributed by atoms with Crippen molar-refractivity contribution in [1.82, 2.24) is 5.43 Å². The fraction of sp³-hybridized carbons (Fsp3) is 0.500. The quantitative estimate of drug-likeness (QED) is 0.614. The number of rotatable bonds is 3. The summed E-state index contributed by atoms with van der Waals surface area (Å²) in [6, 6.07) is 3.83. The van der Waals surface area contributed by atoms with Crippen LogP contribution in [0.3, 0.4) is 0 Å². The summed E-state index contributed by atoms with van der Waals surface area (Å²) < 4.78 is 25.9. The summed E-state index contributed by atoms with van der Waals surface area (Å²) in [7, 11) is 0. The van der Waals surface area contributed by atoms with E-state index in [4.69, 9.17) is 5.84 Å². The van der Waals surface area contributed by atoms with E-state index in [0.29, 0.717) is 11.5 Å². The first-order chi connectivity index (χ1) is 7.45. The van der Waals surface area contributed by atoms with Crippen LogP contribution in [0.4, 0.5) is 8.78 Å². The summed E-state index contributed by atoms with van der Waals surface area (Å²) in [5, 5.41) is 0. The van der Waals surface area contributed by atoms with Crippen LogP contribution in [0.15, 0.2) is 18.2 Å². The lowest BCUT2D eigenvalue weighted by molar-refractivity contribution is 0.419. The van der Waals surface area contributed by atoms with Crippen LogP contribution in [0.2, 0.25) is 0 Å². The van der Waals surface area contributed by atoms with Gasteiger partial charge in [-0.15, -0.1) is 0 Å². The third-order valence-electron chi connectivity index (χ3n) is 3.47. The largest absolute Gasteiger partial charge is 0.271 e. The van der Waals surface area contributed by atoms with Gasteiger partial charge in [0.25, 0.3) is 0 Å². The zero-order chi connectivity index (χ0) is 11.9. The zero-order valence-electron chi connectivity index (χ0n) is 9.43. The highest BCUT2D eigenvalue weighted by atomic mass is 19.2. The summed E-state index contributed by atoms with van der Waals surface area (Å²) >= 11 is 0. The Hall–Kier alpha value is -1.00. The number of hydrazine groups is 1. The van der Waals surface area contributed by atoms with E-state index in [-0.39, 0.29) is 11.5 Å². The van der Waals surface area contributed by atoms with Crippen LogP contribution in [-0.4, -0.2) is 0 Å². The molecule has 0 heterocycles. The number of hydrogen-bond donors (Lipinski definition) is 2. The second-order valence-corrected chi connectivity index (χ2v) is 5.12. The van der Waals surface area contributed by atoms with Gasteiger partial charge in [-0.25, -0.2) is 8.78 Å². The van der Waals surface area contributed by atoms with Gasteiger partial charge in [-0.3, -0.25) is 11.3 Å². The summed E-state index contributed by atoms with van der Waals surface area (Å²) in [6.45, 7) is 4.28. The van der Waals surface area contributed by atoms with Crippen molar-refractivity contribution in [3.05, 3.63) is 35.4 Å². The van der Waals surface area contributed by atoms with Crippen molar-refractivity contribution in [2.45, 2.75) is 26.3 Å². The Morgan fingerprint density at radius 1 is 1.38 bits per heavy atom. The van der Waals surface area contributed by atoms with Gasteiger partial charge in [-0.2, -0.15) is 0 Å². The predicted octanol–water partition coefficient (Wildman–Crippen LogP) is 2.52. The van der Waals surface area contributed by atoms with Gasteiger partial charge in [0.2, 0.25) is 0 Å². The average molecular weight is 226 g/mol. The second kappa shape index (κ2) is 3.79. The van der Waals surface area contributed by atoms with Crippen molar-refractivity contribution in [2.24, 2.45) is 17.2 Å². The van der Waals surface area contributed by atoms with Crippen LogP contribution in [0.25, 0.3) is 0 Å². The van der Waals surface area contributed by atoms with Gasteiger partial charge in [0.05, 0.1) is 0 Å². The molecule has 1 aromatic carbocycles. The molecule has 1 fully saturated rings. The molecule has 4 heteroatoms. The maximum atomic E-state index is 13.1. The molecule has 3 N–H and O–H groups in total. The standard InChI is InChI=1S/C12H16F2N2/c1-12(2)6-8(12)11(16-15)7-3-4-9(13)10(14)5-7/h3-5,8,11,16H,6,15H2,1-2H3. The minimum atomic E-state index is -0.824. The van der Waals surface area contributed by atoms with E-state index in [9.17, 15) is 8.78 Å². The summed E-state index contributed by atoms with van der Waals surface area (Å²) in [6.07, 6.45) is 1.04. The third kappa shape index (κ3) is 1.95. The van der Waals surface area contributed by atoms with E-state index in [0.717, 1.165) is 12.5 Å². The van der Waals surface area contributed by atoms with Crippen LogP contribution in [0.1, 0.15) is 31.9 Å². The molecule has 0 spiro atoms. The highest BCUT2D eigenvalue weighted by Crippen LogP contribution is 2.57. The van der Waals surface area contributed by atoms with Crippen molar-refractivity contribution in [3.8, 4) is 0 Å². The lowest BCUT2D eigenvalue weighted by Gasteiger charge is -2.18. The average Bonchev–Trinajstić information content (AvgIpc) is 2.82. The van der Waals surface area contributed by atoms with Gasteiger partial charge in [-0.1, -0.05) is 19.9 Å². The molecule has 16 heavy (non-hydrogen) atoms. The summed E-state index contributed by atoms with van der Waals surface area (Å²) in [4.78, 5) is 0. The molecule has 1 aliphatic carbocycles. The van der Waals surface area contributed by atoms with Crippen molar-refractivity contribution < 1.29 is 8.78 Å². The van der Waals surface area contributed by atoms with Gasteiger partial charge >= 0.3 is 0 Å². The lowest BCUT2D eigenvalue weighted by Crippen LogP contribution is -2.30. The first kappa shape index (κ1) is 11.5. The molecule has 2 nitrogen and oxygen atoms in total. The molecule has 1 aliphatic rings. The van der Waals surface area contributed by atoms with Gasteiger partial charge in [0.1, 0.15) is 0 Å². The number of nitrogens with two attached hydrogens (primary N) is 1. The number of hydrogen-bond acceptors (Lipinski definition) is 2. The summed E-state index contributed by atoms with van der Waals surface area (Å²) in [5.74, 6) is 4.22. The Labute approximate surface area is 93.8 Å². The van der Waals surface area contributed by atoms with Crippen molar-refractivity contribution in [3.63, 3.8) is 0 Å². The van der Waals surface area contributed by atoms with E-state index in [2.05, 4.69) is 19.3 Å². The monoisotopic (exact) mass is 226 g/mol. The Bertz CT molecular complexity index is 404. The molecule has 0 radical (unpaired) electrons. The molecule has 0 aromatic heterocycles. The molecule has 1 aromatic rings. The maximum absolute atomic E-state index is 13.1. The normalized spacial score (nSPS) is 24.2. The zero-order valence-corrected chi connectivity index (χ0v) is 9.43. The molecule has 2 unspecified atom stereocenters. The van der Waals surface area contributed by atoms with Gasteiger partial charge < -0.3 is 0 Å². The minimum absolute atomic E-state index is 0.106. The van der Waals surface area contributed by atoms with Crippen LogP contribution in [-0.2, 0) is 0 Å². The fourth-order valence-corrected chi connectivity index (χ4v) is 2.23.